The number of aromatic nitrogens is 1. The molecule has 4 rings (SSSR count). The Morgan fingerprint density at radius 2 is 1.74 bits per heavy atom. The Labute approximate surface area is 162 Å². The molecule has 138 valence electrons. The molecule has 2 amide bonds. The number of carbonyl (C=O) groups excluding carboxylic acids is 2. The predicted molar refractivity (Wildman–Crippen MR) is 107 cm³/mol. The molecule has 6 heteroatoms. The molecule has 0 unspecified atom stereocenters. The van der Waals surface area contributed by atoms with Crippen molar-refractivity contribution in [1.29, 1.82) is 0 Å². The Morgan fingerprint density at radius 1 is 1.04 bits per heavy atom. The number of hydrogen-bond donors (Lipinski definition) is 2. The van der Waals surface area contributed by atoms with E-state index in [1.54, 1.807) is 35.4 Å². The normalized spacial score (nSPS) is 15.1. The number of urea groups is 1. The van der Waals surface area contributed by atoms with Gasteiger partial charge >= 0.3 is 6.03 Å². The molecule has 1 saturated heterocycles. The summed E-state index contributed by atoms with van der Waals surface area (Å²) in [5, 5.41) is 4.47. The molecule has 2 N–H and O–H groups in total. The second kappa shape index (κ2) is 7.45. The third-order valence-corrected chi connectivity index (χ3v) is 5.36. The van der Waals surface area contributed by atoms with Gasteiger partial charge in [-0.05, 0) is 43.2 Å². The number of anilines is 1. The van der Waals surface area contributed by atoms with E-state index in [0.717, 1.165) is 16.5 Å². The van der Waals surface area contributed by atoms with Gasteiger partial charge in [0.1, 0.15) is 0 Å². The van der Waals surface area contributed by atoms with Crippen LogP contribution in [0.2, 0.25) is 5.02 Å². The maximum absolute atomic E-state index is 12.9. The monoisotopic (exact) mass is 381 g/mol. The Bertz CT molecular complexity index is 973. The van der Waals surface area contributed by atoms with Crippen LogP contribution in [0.15, 0.2) is 54.7 Å². The van der Waals surface area contributed by atoms with E-state index in [2.05, 4.69) is 10.3 Å². The van der Waals surface area contributed by atoms with Crippen molar-refractivity contribution in [2.75, 3.05) is 18.4 Å². The van der Waals surface area contributed by atoms with Gasteiger partial charge in [-0.2, -0.15) is 0 Å². The number of Topliss-reactive ketones (excluding diaryl/α,β-unsaturated/α-hetero) is 1. The topological polar surface area (TPSA) is 65.2 Å². The Balaban J connectivity index is 1.37. The summed E-state index contributed by atoms with van der Waals surface area (Å²) in [5.74, 6) is 0.106. The number of hydrogen-bond acceptors (Lipinski definition) is 2. The van der Waals surface area contributed by atoms with E-state index in [1.165, 1.54) is 0 Å². The molecular weight excluding hydrogens is 362 g/mol. The van der Waals surface area contributed by atoms with E-state index in [9.17, 15) is 9.59 Å². The number of nitrogens with zero attached hydrogens (tertiary/aromatic N) is 1. The largest absolute Gasteiger partial charge is 0.360 e. The molecule has 1 aliphatic rings. The zero-order valence-electron chi connectivity index (χ0n) is 14.7. The predicted octanol–water partition coefficient (Wildman–Crippen LogP) is 4.95. The van der Waals surface area contributed by atoms with Gasteiger partial charge in [0.2, 0.25) is 0 Å². The third-order valence-electron chi connectivity index (χ3n) is 5.10. The second-order valence-corrected chi connectivity index (χ2v) is 7.25. The first-order valence-electron chi connectivity index (χ1n) is 9.03. The highest BCUT2D eigenvalue weighted by Gasteiger charge is 2.29. The summed E-state index contributed by atoms with van der Waals surface area (Å²) >= 11 is 5.86. The maximum Gasteiger partial charge on any atom is 0.321 e. The summed E-state index contributed by atoms with van der Waals surface area (Å²) in [5.41, 5.74) is 2.43. The SMILES string of the molecule is O=C(c1c[nH]c2ccccc12)C1CCN(C(=O)Nc2ccc(Cl)cc2)CC1. The minimum absolute atomic E-state index is 0.0520. The van der Waals surface area contributed by atoms with Crippen LogP contribution in [0.25, 0.3) is 10.9 Å². The van der Waals surface area contributed by atoms with E-state index in [4.69, 9.17) is 11.6 Å². The lowest BCUT2D eigenvalue weighted by molar-refractivity contribution is 0.0861. The highest BCUT2D eigenvalue weighted by molar-refractivity contribution is 6.30. The number of fused-ring (bicyclic) bond motifs is 1. The number of carbonyl (C=O) groups is 2. The summed E-state index contributed by atoms with van der Waals surface area (Å²) < 4.78 is 0. The first-order valence-corrected chi connectivity index (χ1v) is 9.41. The number of likely N-dealkylation sites (tertiary alicyclic amines) is 1. The smallest absolute Gasteiger partial charge is 0.321 e. The third kappa shape index (κ3) is 3.69. The average molecular weight is 382 g/mol. The lowest BCUT2D eigenvalue weighted by Crippen LogP contribution is -2.42. The minimum Gasteiger partial charge on any atom is -0.360 e. The van der Waals surface area contributed by atoms with E-state index in [0.29, 0.717) is 36.6 Å². The fourth-order valence-electron chi connectivity index (χ4n) is 3.58. The van der Waals surface area contributed by atoms with Crippen molar-refractivity contribution in [3.8, 4) is 0 Å². The number of aromatic amines is 1. The summed E-state index contributed by atoms with van der Waals surface area (Å²) in [4.78, 5) is 30.3. The fraction of sp³-hybridized carbons (Fsp3) is 0.238. The Kier molecular flexibility index (Phi) is 4.86. The zero-order valence-corrected chi connectivity index (χ0v) is 15.5. The number of halogens is 1. The Hall–Kier alpha value is -2.79. The first-order chi connectivity index (χ1) is 13.1. The molecule has 2 aromatic carbocycles. The summed E-state index contributed by atoms with van der Waals surface area (Å²) in [6, 6.07) is 14.7. The summed E-state index contributed by atoms with van der Waals surface area (Å²) in [6.07, 6.45) is 3.14. The van der Waals surface area contributed by atoms with Crippen molar-refractivity contribution < 1.29 is 9.59 Å². The van der Waals surface area contributed by atoms with E-state index in [1.807, 2.05) is 24.3 Å². The molecule has 27 heavy (non-hydrogen) atoms. The van der Waals surface area contributed by atoms with Crippen LogP contribution in [0.4, 0.5) is 10.5 Å². The van der Waals surface area contributed by atoms with Crippen LogP contribution in [0.5, 0.6) is 0 Å². The lowest BCUT2D eigenvalue weighted by Gasteiger charge is -2.31. The van der Waals surface area contributed by atoms with Crippen LogP contribution < -0.4 is 5.32 Å². The molecule has 0 atom stereocenters. The van der Waals surface area contributed by atoms with Crippen LogP contribution in [0.1, 0.15) is 23.2 Å². The van der Waals surface area contributed by atoms with Crippen LogP contribution in [0, 0.1) is 5.92 Å². The van der Waals surface area contributed by atoms with Crippen LogP contribution >= 0.6 is 11.6 Å². The van der Waals surface area contributed by atoms with E-state index in [-0.39, 0.29) is 17.7 Å². The Morgan fingerprint density at radius 3 is 2.48 bits per heavy atom. The highest BCUT2D eigenvalue weighted by Crippen LogP contribution is 2.26. The van der Waals surface area contributed by atoms with Gasteiger partial charge in [-0.25, -0.2) is 4.79 Å². The first kappa shape index (κ1) is 17.6. The summed E-state index contributed by atoms with van der Waals surface area (Å²) in [6.45, 7) is 1.14. The van der Waals surface area contributed by atoms with E-state index >= 15 is 0 Å². The zero-order chi connectivity index (χ0) is 18.8. The van der Waals surface area contributed by atoms with Crippen molar-refractivity contribution >= 4 is 40.0 Å². The average Bonchev–Trinajstić information content (AvgIpc) is 3.13. The lowest BCUT2D eigenvalue weighted by atomic mass is 9.89. The van der Waals surface area contributed by atoms with Gasteiger partial charge in [-0.15, -0.1) is 0 Å². The number of para-hydroxylation sites is 1. The van der Waals surface area contributed by atoms with Crippen molar-refractivity contribution in [3.63, 3.8) is 0 Å². The molecule has 0 saturated carbocycles. The number of rotatable bonds is 3. The molecular formula is C21H20ClN3O2. The molecule has 1 fully saturated rings. The van der Waals surface area contributed by atoms with Crippen LogP contribution in [0.3, 0.4) is 0 Å². The van der Waals surface area contributed by atoms with Crippen LogP contribution in [-0.2, 0) is 0 Å². The van der Waals surface area contributed by atoms with Crippen molar-refractivity contribution in [1.82, 2.24) is 9.88 Å². The number of nitrogens with one attached hydrogen (secondary N) is 2. The molecule has 3 aromatic rings. The minimum atomic E-state index is -0.143. The molecule has 2 heterocycles. The van der Waals surface area contributed by atoms with Crippen LogP contribution in [-0.4, -0.2) is 34.8 Å². The van der Waals surface area contributed by atoms with Crippen molar-refractivity contribution in [2.24, 2.45) is 5.92 Å². The van der Waals surface area contributed by atoms with E-state index < -0.39 is 0 Å². The molecule has 5 nitrogen and oxygen atoms in total. The maximum atomic E-state index is 12.9. The van der Waals surface area contributed by atoms with Crippen molar-refractivity contribution in [3.05, 3.63) is 65.3 Å². The highest BCUT2D eigenvalue weighted by atomic mass is 35.5. The number of amides is 2. The number of benzene rings is 2. The molecule has 0 bridgehead atoms. The van der Waals surface area contributed by atoms with Crippen molar-refractivity contribution in [2.45, 2.75) is 12.8 Å². The van der Waals surface area contributed by atoms with Gasteiger partial charge in [0.15, 0.2) is 5.78 Å². The second-order valence-electron chi connectivity index (χ2n) is 6.81. The standard InChI is InChI=1S/C21H20ClN3O2/c22-15-5-7-16(8-6-15)24-21(27)25-11-9-14(10-12-25)20(26)18-13-23-19-4-2-1-3-17(18)19/h1-8,13-14,23H,9-12H2,(H,24,27). The number of H-pyrrole nitrogens is 1. The molecule has 0 radical (unpaired) electrons. The van der Waals surface area contributed by atoms with Gasteiger partial charge in [-0.3, -0.25) is 4.79 Å². The van der Waals surface area contributed by atoms with Gasteiger partial charge in [0.25, 0.3) is 0 Å². The molecule has 1 aliphatic heterocycles. The molecule has 0 spiro atoms. The molecule has 1 aromatic heterocycles. The quantitative estimate of drug-likeness (QED) is 0.630. The van der Waals surface area contributed by atoms with Gasteiger partial charge < -0.3 is 15.2 Å². The molecule has 0 aliphatic carbocycles. The summed E-state index contributed by atoms with van der Waals surface area (Å²) in [7, 11) is 0. The fourth-order valence-corrected chi connectivity index (χ4v) is 3.70. The van der Waals surface area contributed by atoms with Gasteiger partial charge in [0, 0.05) is 52.4 Å². The van der Waals surface area contributed by atoms with Gasteiger partial charge in [0.05, 0.1) is 0 Å². The number of piperidine rings is 1. The number of ketones is 1. The van der Waals surface area contributed by atoms with Gasteiger partial charge in [-0.1, -0.05) is 29.8 Å².